The quantitative estimate of drug-likeness (QED) is 0.731. The van der Waals surface area contributed by atoms with Crippen molar-refractivity contribution in [2.24, 2.45) is 0 Å². The maximum absolute atomic E-state index is 8.57. The molecule has 0 aliphatic heterocycles. The Morgan fingerprint density at radius 1 is 1.19 bits per heavy atom. The van der Waals surface area contributed by atoms with Crippen molar-refractivity contribution in [3.8, 4) is 6.07 Å². The SMILES string of the molecule is CCCCN(C)Cc1ccc(CC#N)cc1. The van der Waals surface area contributed by atoms with E-state index in [4.69, 9.17) is 5.26 Å². The Hall–Kier alpha value is -1.33. The van der Waals surface area contributed by atoms with Gasteiger partial charge in [0.25, 0.3) is 0 Å². The molecule has 2 heteroatoms. The minimum Gasteiger partial charge on any atom is -0.302 e. The molecule has 0 amide bonds. The first-order chi connectivity index (χ1) is 7.76. The van der Waals surface area contributed by atoms with Crippen LogP contribution < -0.4 is 0 Å². The standard InChI is InChI=1S/C14H20N2/c1-3-4-11-16(2)12-14-7-5-13(6-8-14)9-10-15/h5-8H,3-4,9,11-12H2,1-2H3. The molecule has 0 aliphatic carbocycles. The molecule has 1 rings (SSSR count). The summed E-state index contributed by atoms with van der Waals surface area (Å²) in [5.41, 5.74) is 2.42. The van der Waals surface area contributed by atoms with Crippen LogP contribution in [0.25, 0.3) is 0 Å². The van der Waals surface area contributed by atoms with Crippen molar-refractivity contribution in [2.45, 2.75) is 32.7 Å². The lowest BCUT2D eigenvalue weighted by Crippen LogP contribution is -2.18. The molecule has 0 heterocycles. The highest BCUT2D eigenvalue weighted by Crippen LogP contribution is 2.07. The van der Waals surface area contributed by atoms with Crippen LogP contribution >= 0.6 is 0 Å². The van der Waals surface area contributed by atoms with Gasteiger partial charge in [0, 0.05) is 6.54 Å². The number of rotatable bonds is 6. The Morgan fingerprint density at radius 2 is 1.81 bits per heavy atom. The average Bonchev–Trinajstić information content (AvgIpc) is 2.29. The largest absolute Gasteiger partial charge is 0.302 e. The molecule has 0 unspecified atom stereocenters. The Balaban J connectivity index is 2.45. The van der Waals surface area contributed by atoms with Crippen molar-refractivity contribution in [3.05, 3.63) is 35.4 Å². The van der Waals surface area contributed by atoms with Gasteiger partial charge < -0.3 is 4.90 Å². The van der Waals surface area contributed by atoms with Gasteiger partial charge in [-0.1, -0.05) is 37.6 Å². The van der Waals surface area contributed by atoms with Gasteiger partial charge >= 0.3 is 0 Å². The minimum absolute atomic E-state index is 0.506. The van der Waals surface area contributed by atoms with E-state index >= 15 is 0 Å². The Morgan fingerprint density at radius 3 is 2.38 bits per heavy atom. The van der Waals surface area contributed by atoms with Crippen LogP contribution in [0.4, 0.5) is 0 Å². The van der Waals surface area contributed by atoms with Crippen LogP contribution in [0.5, 0.6) is 0 Å². The van der Waals surface area contributed by atoms with E-state index in [2.05, 4.69) is 37.1 Å². The van der Waals surface area contributed by atoms with Crippen molar-refractivity contribution < 1.29 is 0 Å². The van der Waals surface area contributed by atoms with Crippen molar-refractivity contribution in [2.75, 3.05) is 13.6 Å². The number of benzene rings is 1. The molecule has 0 bridgehead atoms. The van der Waals surface area contributed by atoms with E-state index in [9.17, 15) is 0 Å². The number of hydrogen-bond donors (Lipinski definition) is 0. The molecule has 1 aromatic rings. The monoisotopic (exact) mass is 216 g/mol. The number of hydrogen-bond acceptors (Lipinski definition) is 2. The van der Waals surface area contributed by atoms with E-state index in [1.165, 1.54) is 18.4 Å². The van der Waals surface area contributed by atoms with E-state index in [-0.39, 0.29) is 0 Å². The zero-order valence-electron chi connectivity index (χ0n) is 10.2. The van der Waals surface area contributed by atoms with E-state index in [1.54, 1.807) is 0 Å². The highest BCUT2D eigenvalue weighted by molar-refractivity contribution is 5.24. The molecule has 16 heavy (non-hydrogen) atoms. The number of nitrogens with zero attached hydrogens (tertiary/aromatic N) is 2. The summed E-state index contributed by atoms with van der Waals surface area (Å²) in [7, 11) is 2.15. The van der Waals surface area contributed by atoms with Gasteiger partial charge in [0.1, 0.15) is 0 Å². The predicted octanol–water partition coefficient (Wildman–Crippen LogP) is 2.98. The molecule has 86 valence electrons. The summed E-state index contributed by atoms with van der Waals surface area (Å²) in [4.78, 5) is 2.34. The van der Waals surface area contributed by atoms with E-state index in [0.29, 0.717) is 6.42 Å². The second-order valence-electron chi connectivity index (χ2n) is 4.24. The molecule has 0 atom stereocenters. The molecule has 0 spiro atoms. The first-order valence-electron chi connectivity index (χ1n) is 5.89. The summed E-state index contributed by atoms with van der Waals surface area (Å²) in [5.74, 6) is 0. The lowest BCUT2D eigenvalue weighted by Gasteiger charge is -2.16. The molecule has 0 radical (unpaired) electrons. The molecule has 1 aromatic carbocycles. The summed E-state index contributed by atoms with van der Waals surface area (Å²) in [6.45, 7) is 4.35. The highest BCUT2D eigenvalue weighted by Gasteiger charge is 1.99. The molecule has 0 fully saturated rings. The minimum atomic E-state index is 0.506. The fourth-order valence-corrected chi connectivity index (χ4v) is 1.67. The van der Waals surface area contributed by atoms with Crippen LogP contribution in [-0.2, 0) is 13.0 Å². The fourth-order valence-electron chi connectivity index (χ4n) is 1.67. The lowest BCUT2D eigenvalue weighted by molar-refractivity contribution is 0.321. The first kappa shape index (κ1) is 12.7. The van der Waals surface area contributed by atoms with Crippen LogP contribution in [0.3, 0.4) is 0 Å². The molecule has 0 aliphatic rings. The van der Waals surface area contributed by atoms with Crippen LogP contribution in [0, 0.1) is 11.3 Å². The fraction of sp³-hybridized carbons (Fsp3) is 0.500. The molecule has 0 saturated carbocycles. The lowest BCUT2D eigenvalue weighted by atomic mass is 10.1. The Bertz CT molecular complexity index is 335. The van der Waals surface area contributed by atoms with E-state index in [0.717, 1.165) is 18.7 Å². The first-order valence-corrected chi connectivity index (χ1v) is 5.89. The van der Waals surface area contributed by atoms with Gasteiger partial charge in [-0.25, -0.2) is 0 Å². The van der Waals surface area contributed by atoms with Gasteiger partial charge in [0.05, 0.1) is 12.5 Å². The third kappa shape index (κ3) is 4.46. The third-order valence-electron chi connectivity index (χ3n) is 2.65. The Labute approximate surface area is 98.5 Å². The smallest absolute Gasteiger partial charge is 0.0669 e. The zero-order chi connectivity index (χ0) is 11.8. The van der Waals surface area contributed by atoms with Crippen molar-refractivity contribution in [1.29, 1.82) is 5.26 Å². The van der Waals surface area contributed by atoms with Crippen molar-refractivity contribution in [1.82, 2.24) is 4.90 Å². The van der Waals surface area contributed by atoms with Gasteiger partial charge in [-0.05, 0) is 31.1 Å². The highest BCUT2D eigenvalue weighted by atomic mass is 15.1. The zero-order valence-corrected chi connectivity index (χ0v) is 10.2. The van der Waals surface area contributed by atoms with Crippen LogP contribution in [0.1, 0.15) is 30.9 Å². The summed E-state index contributed by atoms with van der Waals surface area (Å²) < 4.78 is 0. The van der Waals surface area contributed by atoms with Gasteiger partial charge in [-0.15, -0.1) is 0 Å². The molecule has 0 saturated heterocycles. The topological polar surface area (TPSA) is 27.0 Å². The average molecular weight is 216 g/mol. The van der Waals surface area contributed by atoms with Gasteiger partial charge in [-0.2, -0.15) is 5.26 Å². The number of unbranched alkanes of at least 4 members (excludes halogenated alkanes) is 1. The molecular weight excluding hydrogens is 196 g/mol. The van der Waals surface area contributed by atoms with Gasteiger partial charge in [0.2, 0.25) is 0 Å². The molecule has 2 nitrogen and oxygen atoms in total. The van der Waals surface area contributed by atoms with Crippen LogP contribution in [-0.4, -0.2) is 18.5 Å². The Kier molecular flexibility index (Phi) is 5.60. The maximum Gasteiger partial charge on any atom is 0.0669 e. The van der Waals surface area contributed by atoms with Gasteiger partial charge in [-0.3, -0.25) is 0 Å². The maximum atomic E-state index is 8.57. The predicted molar refractivity (Wildman–Crippen MR) is 67.0 cm³/mol. The molecule has 0 aromatic heterocycles. The summed E-state index contributed by atoms with van der Waals surface area (Å²) in [5, 5.41) is 8.57. The van der Waals surface area contributed by atoms with E-state index in [1.807, 2.05) is 12.1 Å². The third-order valence-corrected chi connectivity index (χ3v) is 2.65. The van der Waals surface area contributed by atoms with Crippen LogP contribution in [0.2, 0.25) is 0 Å². The van der Waals surface area contributed by atoms with Crippen molar-refractivity contribution >= 4 is 0 Å². The van der Waals surface area contributed by atoms with Crippen LogP contribution in [0.15, 0.2) is 24.3 Å². The molecular formula is C14H20N2. The normalized spacial score (nSPS) is 10.4. The second-order valence-corrected chi connectivity index (χ2v) is 4.24. The van der Waals surface area contributed by atoms with Gasteiger partial charge in [0.15, 0.2) is 0 Å². The summed E-state index contributed by atoms with van der Waals surface area (Å²) >= 11 is 0. The summed E-state index contributed by atoms with van der Waals surface area (Å²) in [6, 6.07) is 10.5. The number of nitriles is 1. The summed E-state index contributed by atoms with van der Waals surface area (Å²) in [6.07, 6.45) is 3.00. The second kappa shape index (κ2) is 7.03. The van der Waals surface area contributed by atoms with Crippen molar-refractivity contribution in [3.63, 3.8) is 0 Å². The molecule has 0 N–H and O–H groups in total. The van der Waals surface area contributed by atoms with E-state index < -0.39 is 0 Å².